The van der Waals surface area contributed by atoms with Crippen molar-refractivity contribution in [3.8, 4) is 17.1 Å². The molecule has 3 heterocycles. The molecule has 5 rings (SSSR count). The number of fused-ring (bicyclic) bond motifs is 3. The number of halogens is 1. The number of ether oxygens (including phenoxy) is 1. The van der Waals surface area contributed by atoms with Crippen LogP contribution in [0.5, 0.6) is 5.75 Å². The lowest BCUT2D eigenvalue weighted by Gasteiger charge is -2.09. The Morgan fingerprint density at radius 3 is 3.00 bits per heavy atom. The molecule has 30 heavy (non-hydrogen) atoms. The third-order valence-corrected chi connectivity index (χ3v) is 7.37. The van der Waals surface area contributed by atoms with Crippen LogP contribution in [0.2, 0.25) is 5.02 Å². The highest BCUT2D eigenvalue weighted by atomic mass is 35.5. The molecule has 3 aromatic heterocycles. The van der Waals surface area contributed by atoms with Crippen molar-refractivity contribution >= 4 is 44.9 Å². The molecule has 0 amide bonds. The average Bonchev–Trinajstić information content (AvgIpc) is 3.36. The maximum absolute atomic E-state index is 12.7. The highest BCUT2D eigenvalue weighted by Gasteiger charge is 2.20. The number of aromatic amines is 2. The van der Waals surface area contributed by atoms with Crippen molar-refractivity contribution < 1.29 is 4.74 Å². The van der Waals surface area contributed by atoms with Gasteiger partial charge in [-0.05, 0) is 49.4 Å². The first-order valence-corrected chi connectivity index (χ1v) is 11.7. The normalized spacial score (nSPS) is 13.5. The molecule has 0 aliphatic heterocycles. The van der Waals surface area contributed by atoms with Gasteiger partial charge in [-0.15, -0.1) is 16.4 Å². The topological polar surface area (TPSA) is 96.6 Å². The summed E-state index contributed by atoms with van der Waals surface area (Å²) >= 11 is 9.16. The summed E-state index contributed by atoms with van der Waals surface area (Å²) in [7, 11) is 1.60. The zero-order chi connectivity index (χ0) is 20.7. The Bertz CT molecular complexity index is 1300. The van der Waals surface area contributed by atoms with E-state index >= 15 is 0 Å². The van der Waals surface area contributed by atoms with E-state index in [0.717, 1.165) is 35.0 Å². The molecular formula is C20H18ClN5O2S2. The molecule has 0 saturated carbocycles. The predicted molar refractivity (Wildman–Crippen MR) is 120 cm³/mol. The van der Waals surface area contributed by atoms with Gasteiger partial charge < -0.3 is 9.72 Å². The SMILES string of the molecule is COc1ccc(Cl)cc1-c1nc(SCc2nc3sc4c(c3c(=O)[nH]2)CCCC4)n[nH]1. The van der Waals surface area contributed by atoms with E-state index < -0.39 is 0 Å². The van der Waals surface area contributed by atoms with Crippen molar-refractivity contribution in [1.82, 2.24) is 25.1 Å². The number of nitrogens with one attached hydrogen (secondary N) is 2. The first kappa shape index (κ1) is 19.6. The molecule has 0 bridgehead atoms. The summed E-state index contributed by atoms with van der Waals surface area (Å²) in [4.78, 5) is 27.0. The van der Waals surface area contributed by atoms with E-state index in [-0.39, 0.29) is 5.56 Å². The number of hydrogen-bond donors (Lipinski definition) is 2. The second kappa shape index (κ2) is 8.05. The maximum Gasteiger partial charge on any atom is 0.259 e. The Morgan fingerprint density at radius 2 is 2.13 bits per heavy atom. The number of aryl methyl sites for hydroxylation is 2. The van der Waals surface area contributed by atoms with Crippen LogP contribution < -0.4 is 10.3 Å². The summed E-state index contributed by atoms with van der Waals surface area (Å²) in [6.45, 7) is 0. The van der Waals surface area contributed by atoms with E-state index in [4.69, 9.17) is 21.3 Å². The van der Waals surface area contributed by atoms with Gasteiger partial charge in [-0.3, -0.25) is 9.89 Å². The van der Waals surface area contributed by atoms with Crippen LogP contribution in [0.15, 0.2) is 28.2 Å². The minimum Gasteiger partial charge on any atom is -0.496 e. The zero-order valence-electron chi connectivity index (χ0n) is 16.1. The molecule has 0 radical (unpaired) electrons. The van der Waals surface area contributed by atoms with E-state index in [1.165, 1.54) is 28.6 Å². The van der Waals surface area contributed by atoms with E-state index in [0.29, 0.717) is 33.3 Å². The summed E-state index contributed by atoms with van der Waals surface area (Å²) in [5, 5.41) is 9.10. The van der Waals surface area contributed by atoms with Gasteiger partial charge >= 0.3 is 0 Å². The molecule has 0 fully saturated rings. The summed E-state index contributed by atoms with van der Waals surface area (Å²) in [6.07, 6.45) is 4.35. The summed E-state index contributed by atoms with van der Waals surface area (Å²) in [6, 6.07) is 5.33. The molecule has 2 N–H and O–H groups in total. The monoisotopic (exact) mass is 459 g/mol. The van der Waals surface area contributed by atoms with Crippen LogP contribution in [0.4, 0.5) is 0 Å². The first-order chi connectivity index (χ1) is 14.6. The Morgan fingerprint density at radius 1 is 1.27 bits per heavy atom. The molecular weight excluding hydrogens is 442 g/mol. The van der Waals surface area contributed by atoms with E-state index in [1.807, 2.05) is 0 Å². The van der Waals surface area contributed by atoms with Crippen molar-refractivity contribution in [3.05, 3.63) is 49.8 Å². The Balaban J connectivity index is 1.38. The minimum atomic E-state index is -0.0469. The van der Waals surface area contributed by atoms with E-state index in [2.05, 4.69) is 20.2 Å². The van der Waals surface area contributed by atoms with Crippen LogP contribution in [-0.2, 0) is 18.6 Å². The highest BCUT2D eigenvalue weighted by Crippen LogP contribution is 2.34. The molecule has 1 aromatic carbocycles. The lowest BCUT2D eigenvalue weighted by Crippen LogP contribution is -2.12. The van der Waals surface area contributed by atoms with Gasteiger partial charge in [-0.2, -0.15) is 0 Å². The van der Waals surface area contributed by atoms with Crippen molar-refractivity contribution in [2.24, 2.45) is 0 Å². The van der Waals surface area contributed by atoms with Crippen LogP contribution >= 0.6 is 34.7 Å². The molecule has 1 aliphatic rings. The number of benzene rings is 1. The number of thioether (sulfide) groups is 1. The van der Waals surface area contributed by atoms with Crippen molar-refractivity contribution in [2.45, 2.75) is 36.6 Å². The second-order valence-corrected chi connectivity index (χ2v) is 9.47. The minimum absolute atomic E-state index is 0.0469. The number of rotatable bonds is 5. The Kier molecular flexibility index (Phi) is 5.26. The third-order valence-electron chi connectivity index (χ3n) is 5.09. The highest BCUT2D eigenvalue weighted by molar-refractivity contribution is 7.98. The Labute approximate surface area is 185 Å². The van der Waals surface area contributed by atoms with E-state index in [1.54, 1.807) is 36.6 Å². The van der Waals surface area contributed by atoms with Gasteiger partial charge in [0, 0.05) is 9.90 Å². The van der Waals surface area contributed by atoms with Crippen LogP contribution in [0.3, 0.4) is 0 Å². The molecule has 1 aliphatic carbocycles. The number of H-pyrrole nitrogens is 2. The molecule has 0 atom stereocenters. The van der Waals surface area contributed by atoms with Crippen LogP contribution in [0.1, 0.15) is 29.1 Å². The number of aromatic nitrogens is 5. The Hall–Kier alpha value is -2.36. The van der Waals surface area contributed by atoms with Gasteiger partial charge in [-0.1, -0.05) is 23.4 Å². The van der Waals surface area contributed by atoms with Crippen molar-refractivity contribution in [3.63, 3.8) is 0 Å². The number of nitrogens with zero attached hydrogens (tertiary/aromatic N) is 3. The fourth-order valence-electron chi connectivity index (χ4n) is 3.71. The fourth-order valence-corrected chi connectivity index (χ4v) is 5.83. The maximum atomic E-state index is 12.7. The number of thiophene rings is 1. The average molecular weight is 460 g/mol. The van der Waals surface area contributed by atoms with Gasteiger partial charge in [-0.25, -0.2) is 9.97 Å². The van der Waals surface area contributed by atoms with Gasteiger partial charge in [0.25, 0.3) is 5.56 Å². The largest absolute Gasteiger partial charge is 0.496 e. The molecule has 0 spiro atoms. The molecule has 7 nitrogen and oxygen atoms in total. The first-order valence-electron chi connectivity index (χ1n) is 9.55. The van der Waals surface area contributed by atoms with Crippen LogP contribution in [0.25, 0.3) is 21.6 Å². The lowest BCUT2D eigenvalue weighted by atomic mass is 9.97. The summed E-state index contributed by atoms with van der Waals surface area (Å²) < 4.78 is 5.38. The number of hydrogen-bond acceptors (Lipinski definition) is 7. The zero-order valence-corrected chi connectivity index (χ0v) is 18.5. The summed E-state index contributed by atoms with van der Waals surface area (Å²) in [5.74, 6) is 2.32. The fraction of sp³-hybridized carbons (Fsp3) is 0.300. The summed E-state index contributed by atoms with van der Waals surface area (Å²) in [5.41, 5.74) is 1.89. The molecule has 0 unspecified atom stereocenters. The van der Waals surface area contributed by atoms with Crippen LogP contribution in [0, 0.1) is 0 Å². The van der Waals surface area contributed by atoms with E-state index in [9.17, 15) is 4.79 Å². The quantitative estimate of drug-likeness (QED) is 0.423. The molecule has 4 aromatic rings. The van der Waals surface area contributed by atoms with Gasteiger partial charge in [0.2, 0.25) is 5.16 Å². The third kappa shape index (κ3) is 3.61. The molecule has 0 saturated heterocycles. The second-order valence-electron chi connectivity index (χ2n) is 7.00. The predicted octanol–water partition coefficient (Wildman–Crippen LogP) is 4.60. The van der Waals surface area contributed by atoms with Gasteiger partial charge in [0.1, 0.15) is 16.4 Å². The van der Waals surface area contributed by atoms with Crippen LogP contribution in [-0.4, -0.2) is 32.3 Å². The molecule has 154 valence electrons. The standard InChI is InChI=1S/C20H18ClN5O2S2/c1-28-13-7-6-10(21)8-12(13)17-24-20(26-25-17)29-9-15-22-18(27)16-11-4-2-3-5-14(11)30-19(16)23-15/h6-8H,2-5,9H2,1H3,(H,22,23,27)(H,24,25,26). The van der Waals surface area contributed by atoms with Gasteiger partial charge in [0.05, 0.1) is 23.8 Å². The molecule has 10 heteroatoms. The lowest BCUT2D eigenvalue weighted by molar-refractivity contribution is 0.416. The number of methoxy groups -OCH3 is 1. The van der Waals surface area contributed by atoms with Gasteiger partial charge in [0.15, 0.2) is 5.82 Å². The van der Waals surface area contributed by atoms with Crippen molar-refractivity contribution in [1.29, 1.82) is 0 Å². The van der Waals surface area contributed by atoms with Crippen molar-refractivity contribution in [2.75, 3.05) is 7.11 Å². The smallest absolute Gasteiger partial charge is 0.259 e.